The van der Waals surface area contributed by atoms with Crippen molar-refractivity contribution >= 4 is 21.8 Å². The zero-order valence-corrected chi connectivity index (χ0v) is 12.6. The van der Waals surface area contributed by atoms with Crippen LogP contribution in [-0.2, 0) is 6.54 Å². The molecule has 0 amide bonds. The van der Waals surface area contributed by atoms with Gasteiger partial charge in [0.25, 0.3) is 0 Å². The number of benzene rings is 2. The Morgan fingerprint density at radius 3 is 2.14 bits per heavy atom. The molecule has 0 aliphatic carbocycles. The lowest BCUT2D eigenvalue weighted by Crippen LogP contribution is -2.30. The average molecular weight is 298 g/mol. The molecule has 22 heavy (non-hydrogen) atoms. The fourth-order valence-electron chi connectivity index (χ4n) is 2.94. The minimum Gasteiger partial charge on any atom is -0.394 e. The van der Waals surface area contributed by atoms with Crippen molar-refractivity contribution in [3.05, 3.63) is 48.5 Å². The second-order valence-corrected chi connectivity index (χ2v) is 5.58. The summed E-state index contributed by atoms with van der Waals surface area (Å²) in [4.78, 5) is 0. The van der Waals surface area contributed by atoms with Crippen LogP contribution in [0.1, 0.15) is 6.42 Å². The van der Waals surface area contributed by atoms with Gasteiger partial charge >= 0.3 is 0 Å². The van der Waals surface area contributed by atoms with Crippen LogP contribution >= 0.6 is 0 Å². The molecule has 4 heteroatoms. The van der Waals surface area contributed by atoms with E-state index in [2.05, 4.69) is 58.4 Å². The molecule has 1 atom stereocenters. The number of nitrogens with one attached hydrogen (secondary N) is 1. The zero-order valence-electron chi connectivity index (χ0n) is 12.6. The highest BCUT2D eigenvalue weighted by molar-refractivity contribution is 6.07. The number of hydrogen-bond donors (Lipinski definition) is 3. The molecular formula is C18H22N2O2. The Kier molecular flexibility index (Phi) is 4.73. The van der Waals surface area contributed by atoms with Gasteiger partial charge in [0.15, 0.2) is 0 Å². The van der Waals surface area contributed by atoms with Crippen molar-refractivity contribution in [3.63, 3.8) is 0 Å². The first kappa shape index (κ1) is 15.0. The summed E-state index contributed by atoms with van der Waals surface area (Å²) < 4.78 is 2.36. The Bertz CT molecular complexity index is 698. The number of hydrogen-bond acceptors (Lipinski definition) is 3. The van der Waals surface area contributed by atoms with Gasteiger partial charge in [-0.05, 0) is 25.1 Å². The lowest BCUT2D eigenvalue weighted by Gasteiger charge is -2.10. The van der Waals surface area contributed by atoms with Crippen molar-refractivity contribution in [3.8, 4) is 0 Å². The summed E-state index contributed by atoms with van der Waals surface area (Å²) >= 11 is 0. The van der Waals surface area contributed by atoms with Crippen LogP contribution < -0.4 is 5.32 Å². The summed E-state index contributed by atoms with van der Waals surface area (Å²) in [7, 11) is 0. The SMILES string of the molecule is OC[C@@H](O)CNCCCn1c2ccccc2c2ccccc21. The molecule has 1 aromatic heterocycles. The maximum atomic E-state index is 9.31. The van der Waals surface area contributed by atoms with E-state index in [-0.39, 0.29) is 6.61 Å². The van der Waals surface area contributed by atoms with E-state index < -0.39 is 6.10 Å². The lowest BCUT2D eigenvalue weighted by molar-refractivity contribution is 0.0945. The second kappa shape index (κ2) is 6.92. The highest BCUT2D eigenvalue weighted by Gasteiger charge is 2.09. The fraction of sp³-hybridized carbons (Fsp3) is 0.333. The van der Waals surface area contributed by atoms with Gasteiger partial charge < -0.3 is 20.1 Å². The van der Waals surface area contributed by atoms with Crippen molar-refractivity contribution in [2.75, 3.05) is 19.7 Å². The van der Waals surface area contributed by atoms with Gasteiger partial charge in [-0.25, -0.2) is 0 Å². The molecule has 0 saturated carbocycles. The number of nitrogens with zero attached hydrogens (tertiary/aromatic N) is 1. The molecule has 2 aromatic carbocycles. The van der Waals surface area contributed by atoms with Gasteiger partial charge in [0.1, 0.15) is 0 Å². The molecule has 0 saturated heterocycles. The molecule has 0 aliphatic rings. The molecule has 0 bridgehead atoms. The number of aryl methyl sites for hydroxylation is 1. The van der Waals surface area contributed by atoms with Crippen LogP contribution in [0.4, 0.5) is 0 Å². The van der Waals surface area contributed by atoms with Crippen molar-refractivity contribution in [1.82, 2.24) is 9.88 Å². The van der Waals surface area contributed by atoms with Crippen molar-refractivity contribution in [2.45, 2.75) is 19.1 Å². The first-order valence-electron chi connectivity index (χ1n) is 7.77. The van der Waals surface area contributed by atoms with Crippen LogP contribution in [0.2, 0.25) is 0 Å². The number of aliphatic hydroxyl groups is 2. The predicted octanol–water partition coefficient (Wildman–Crippen LogP) is 2.13. The maximum Gasteiger partial charge on any atom is 0.0894 e. The summed E-state index contributed by atoms with van der Waals surface area (Å²) in [6.07, 6.45) is 0.300. The van der Waals surface area contributed by atoms with Crippen LogP contribution in [0.3, 0.4) is 0 Å². The van der Waals surface area contributed by atoms with E-state index in [4.69, 9.17) is 5.11 Å². The van der Waals surface area contributed by atoms with E-state index in [1.54, 1.807) is 0 Å². The average Bonchev–Trinajstić information content (AvgIpc) is 2.89. The molecule has 0 fully saturated rings. The second-order valence-electron chi connectivity index (χ2n) is 5.58. The van der Waals surface area contributed by atoms with E-state index in [9.17, 15) is 5.11 Å². The molecule has 116 valence electrons. The minimum absolute atomic E-state index is 0.195. The molecule has 0 aliphatic heterocycles. The summed E-state index contributed by atoms with van der Waals surface area (Å²) in [5.74, 6) is 0. The Labute approximate surface area is 130 Å². The summed E-state index contributed by atoms with van der Waals surface area (Å²) in [5.41, 5.74) is 2.53. The Balaban J connectivity index is 1.75. The quantitative estimate of drug-likeness (QED) is 0.586. The highest BCUT2D eigenvalue weighted by atomic mass is 16.3. The Hall–Kier alpha value is -1.88. The van der Waals surface area contributed by atoms with Crippen LogP contribution in [0, 0.1) is 0 Å². The number of fused-ring (bicyclic) bond motifs is 3. The van der Waals surface area contributed by atoms with Crippen LogP contribution in [0.25, 0.3) is 21.8 Å². The highest BCUT2D eigenvalue weighted by Crippen LogP contribution is 2.28. The number of para-hydroxylation sites is 2. The maximum absolute atomic E-state index is 9.31. The van der Waals surface area contributed by atoms with E-state index >= 15 is 0 Å². The molecule has 3 aromatic rings. The van der Waals surface area contributed by atoms with Gasteiger partial charge in [-0.2, -0.15) is 0 Å². The van der Waals surface area contributed by atoms with Gasteiger partial charge in [0.05, 0.1) is 12.7 Å². The van der Waals surface area contributed by atoms with Gasteiger partial charge in [-0.15, -0.1) is 0 Å². The molecular weight excluding hydrogens is 276 g/mol. The summed E-state index contributed by atoms with van der Waals surface area (Å²) in [6.45, 7) is 1.98. The van der Waals surface area contributed by atoms with E-state index in [0.717, 1.165) is 19.5 Å². The van der Waals surface area contributed by atoms with Crippen LogP contribution in [-0.4, -0.2) is 40.6 Å². The van der Waals surface area contributed by atoms with Gasteiger partial charge in [0.2, 0.25) is 0 Å². The fourth-order valence-corrected chi connectivity index (χ4v) is 2.94. The van der Waals surface area contributed by atoms with Crippen molar-refractivity contribution < 1.29 is 10.2 Å². The topological polar surface area (TPSA) is 57.4 Å². The third-order valence-corrected chi connectivity index (χ3v) is 4.01. The number of aromatic nitrogens is 1. The minimum atomic E-state index is -0.673. The number of rotatable bonds is 7. The lowest BCUT2D eigenvalue weighted by atomic mass is 10.2. The first-order valence-corrected chi connectivity index (χ1v) is 7.77. The Morgan fingerprint density at radius 1 is 0.955 bits per heavy atom. The number of aliphatic hydroxyl groups excluding tert-OH is 2. The molecule has 3 rings (SSSR count). The molecule has 3 N–H and O–H groups in total. The monoisotopic (exact) mass is 298 g/mol. The summed E-state index contributed by atoms with van der Waals surface area (Å²) in [6, 6.07) is 17.0. The molecule has 1 heterocycles. The summed E-state index contributed by atoms with van der Waals surface area (Å²) in [5, 5.41) is 23.8. The molecule has 4 nitrogen and oxygen atoms in total. The van der Waals surface area contributed by atoms with E-state index in [1.165, 1.54) is 21.8 Å². The van der Waals surface area contributed by atoms with Crippen molar-refractivity contribution in [1.29, 1.82) is 0 Å². The molecule has 0 spiro atoms. The smallest absolute Gasteiger partial charge is 0.0894 e. The normalized spacial score (nSPS) is 13.0. The zero-order chi connectivity index (χ0) is 15.4. The van der Waals surface area contributed by atoms with Crippen LogP contribution in [0.5, 0.6) is 0 Å². The van der Waals surface area contributed by atoms with Crippen molar-refractivity contribution in [2.24, 2.45) is 0 Å². The van der Waals surface area contributed by atoms with Gasteiger partial charge in [-0.1, -0.05) is 36.4 Å². The predicted molar refractivity (Wildman–Crippen MR) is 90.0 cm³/mol. The molecule has 0 unspecified atom stereocenters. The molecule has 0 radical (unpaired) electrons. The third kappa shape index (κ3) is 2.99. The Morgan fingerprint density at radius 2 is 1.55 bits per heavy atom. The van der Waals surface area contributed by atoms with Gasteiger partial charge in [-0.3, -0.25) is 0 Å². The largest absolute Gasteiger partial charge is 0.394 e. The van der Waals surface area contributed by atoms with Crippen LogP contribution in [0.15, 0.2) is 48.5 Å². The van der Waals surface area contributed by atoms with E-state index in [1.807, 2.05) is 0 Å². The first-order chi connectivity index (χ1) is 10.8. The third-order valence-electron chi connectivity index (χ3n) is 4.01. The standard InChI is InChI=1S/C18H22N2O2/c21-13-14(22)12-19-10-5-11-20-17-8-3-1-6-15(17)16-7-2-4-9-18(16)20/h1-4,6-9,14,19,21-22H,5,10-13H2/t14-/m0/s1. The van der Waals surface area contributed by atoms with E-state index in [0.29, 0.717) is 6.54 Å². The van der Waals surface area contributed by atoms with Gasteiger partial charge in [0, 0.05) is 34.9 Å².